The number of H-pyrrole nitrogens is 1. The average Bonchev–Trinajstić information content (AvgIpc) is 2.80. The van der Waals surface area contributed by atoms with Crippen molar-refractivity contribution in [3.8, 4) is 17.3 Å². The standard InChI is InChI=1S/C13H13N3S/c1-2-17-11-5-3-10(4-6-11)12-9-15-13(16-12)7-8-14/h3-6,9H,2,7H2,1H3,(H,15,16). The lowest BCUT2D eigenvalue weighted by molar-refractivity contribution is 1.06. The lowest BCUT2D eigenvalue weighted by Crippen LogP contribution is -1.84. The van der Waals surface area contributed by atoms with Crippen molar-refractivity contribution >= 4 is 11.8 Å². The summed E-state index contributed by atoms with van der Waals surface area (Å²) in [6, 6.07) is 10.4. The van der Waals surface area contributed by atoms with Gasteiger partial charge in [0.25, 0.3) is 0 Å². The summed E-state index contributed by atoms with van der Waals surface area (Å²) in [5.41, 5.74) is 2.06. The van der Waals surface area contributed by atoms with Gasteiger partial charge in [0.1, 0.15) is 5.82 Å². The molecule has 0 bridgehead atoms. The minimum Gasteiger partial charge on any atom is -0.341 e. The van der Waals surface area contributed by atoms with Crippen LogP contribution in [0, 0.1) is 11.3 Å². The molecule has 0 radical (unpaired) electrons. The largest absolute Gasteiger partial charge is 0.341 e. The quantitative estimate of drug-likeness (QED) is 0.839. The normalized spacial score (nSPS) is 10.1. The first-order valence-corrected chi connectivity index (χ1v) is 6.46. The molecule has 4 heteroatoms. The molecule has 0 atom stereocenters. The van der Waals surface area contributed by atoms with Gasteiger partial charge >= 0.3 is 0 Å². The molecule has 0 spiro atoms. The van der Waals surface area contributed by atoms with Crippen molar-refractivity contribution in [2.24, 2.45) is 0 Å². The summed E-state index contributed by atoms with van der Waals surface area (Å²) < 4.78 is 0. The number of thioether (sulfide) groups is 1. The Kier molecular flexibility index (Phi) is 3.84. The highest BCUT2D eigenvalue weighted by Gasteiger charge is 2.02. The first-order valence-electron chi connectivity index (χ1n) is 5.47. The lowest BCUT2D eigenvalue weighted by atomic mass is 10.2. The number of nitriles is 1. The van der Waals surface area contributed by atoms with Crippen molar-refractivity contribution in [1.82, 2.24) is 9.97 Å². The predicted octanol–water partition coefficient (Wildman–Crippen LogP) is 3.25. The molecule has 0 aliphatic heterocycles. The van der Waals surface area contributed by atoms with Crippen LogP contribution < -0.4 is 0 Å². The topological polar surface area (TPSA) is 52.5 Å². The molecule has 2 aromatic rings. The van der Waals surface area contributed by atoms with E-state index in [1.54, 1.807) is 6.20 Å². The van der Waals surface area contributed by atoms with Gasteiger partial charge in [0, 0.05) is 4.90 Å². The molecule has 1 heterocycles. The molecule has 0 fully saturated rings. The van der Waals surface area contributed by atoms with E-state index >= 15 is 0 Å². The van der Waals surface area contributed by atoms with E-state index in [-0.39, 0.29) is 0 Å². The molecular formula is C13H13N3S. The summed E-state index contributed by atoms with van der Waals surface area (Å²) in [5, 5.41) is 8.58. The molecule has 0 saturated carbocycles. The summed E-state index contributed by atoms with van der Waals surface area (Å²) in [5.74, 6) is 1.80. The highest BCUT2D eigenvalue weighted by Crippen LogP contribution is 2.22. The maximum absolute atomic E-state index is 8.58. The Morgan fingerprint density at radius 3 is 2.76 bits per heavy atom. The highest BCUT2D eigenvalue weighted by atomic mass is 32.2. The van der Waals surface area contributed by atoms with Gasteiger partial charge in [-0.15, -0.1) is 11.8 Å². The van der Waals surface area contributed by atoms with Crippen LogP contribution in [-0.2, 0) is 6.42 Å². The highest BCUT2D eigenvalue weighted by molar-refractivity contribution is 7.99. The number of aromatic amines is 1. The maximum Gasteiger partial charge on any atom is 0.120 e. The van der Waals surface area contributed by atoms with Crippen LogP contribution >= 0.6 is 11.8 Å². The smallest absolute Gasteiger partial charge is 0.120 e. The van der Waals surface area contributed by atoms with Crippen molar-refractivity contribution in [2.45, 2.75) is 18.2 Å². The molecule has 0 aliphatic carbocycles. The summed E-state index contributed by atoms with van der Waals surface area (Å²) >= 11 is 1.82. The third kappa shape index (κ3) is 2.89. The Balaban J connectivity index is 2.18. The molecule has 2 rings (SSSR count). The van der Waals surface area contributed by atoms with E-state index in [4.69, 9.17) is 5.26 Å². The van der Waals surface area contributed by atoms with E-state index in [1.165, 1.54) is 4.90 Å². The Bertz CT molecular complexity index is 522. The van der Waals surface area contributed by atoms with Crippen molar-refractivity contribution in [1.29, 1.82) is 5.26 Å². The number of benzene rings is 1. The van der Waals surface area contributed by atoms with E-state index < -0.39 is 0 Å². The zero-order valence-electron chi connectivity index (χ0n) is 9.60. The van der Waals surface area contributed by atoms with E-state index in [0.29, 0.717) is 6.42 Å². The zero-order chi connectivity index (χ0) is 12.1. The Hall–Kier alpha value is -1.73. The Morgan fingerprint density at radius 2 is 2.12 bits per heavy atom. The number of rotatable bonds is 4. The van der Waals surface area contributed by atoms with E-state index in [9.17, 15) is 0 Å². The minimum atomic E-state index is 0.323. The molecule has 0 unspecified atom stereocenters. The molecule has 86 valence electrons. The summed E-state index contributed by atoms with van der Waals surface area (Å²) in [4.78, 5) is 8.57. The summed E-state index contributed by atoms with van der Waals surface area (Å²) in [6.07, 6.45) is 2.10. The molecule has 0 saturated heterocycles. The zero-order valence-corrected chi connectivity index (χ0v) is 10.4. The summed E-state index contributed by atoms with van der Waals surface area (Å²) in [7, 11) is 0. The number of aromatic nitrogens is 2. The second-order valence-corrected chi connectivity index (χ2v) is 4.87. The molecule has 0 aliphatic rings. The molecule has 17 heavy (non-hydrogen) atoms. The SMILES string of the molecule is CCSc1ccc(-c2cnc(CC#N)[nH]2)cc1. The molecular weight excluding hydrogens is 230 g/mol. The molecule has 1 aromatic heterocycles. The number of nitrogens with one attached hydrogen (secondary N) is 1. The van der Waals surface area contributed by atoms with Gasteiger partial charge in [0.15, 0.2) is 0 Å². The van der Waals surface area contributed by atoms with Gasteiger partial charge in [-0.2, -0.15) is 5.26 Å². The van der Waals surface area contributed by atoms with Crippen LogP contribution in [-0.4, -0.2) is 15.7 Å². The van der Waals surface area contributed by atoms with Crippen molar-refractivity contribution in [3.05, 3.63) is 36.3 Å². The maximum atomic E-state index is 8.58. The number of imidazole rings is 1. The fourth-order valence-electron chi connectivity index (χ4n) is 1.57. The molecule has 1 aromatic carbocycles. The van der Waals surface area contributed by atoms with Gasteiger partial charge in [-0.1, -0.05) is 19.1 Å². The Morgan fingerprint density at radius 1 is 1.35 bits per heavy atom. The van der Waals surface area contributed by atoms with Crippen LogP contribution in [0.3, 0.4) is 0 Å². The van der Waals surface area contributed by atoms with Gasteiger partial charge in [-0.05, 0) is 23.4 Å². The van der Waals surface area contributed by atoms with Crippen LogP contribution in [0.1, 0.15) is 12.7 Å². The van der Waals surface area contributed by atoms with Crippen LogP contribution in [0.5, 0.6) is 0 Å². The monoisotopic (exact) mass is 243 g/mol. The van der Waals surface area contributed by atoms with E-state index in [0.717, 1.165) is 22.8 Å². The fraction of sp³-hybridized carbons (Fsp3) is 0.231. The number of hydrogen-bond donors (Lipinski definition) is 1. The van der Waals surface area contributed by atoms with Crippen molar-refractivity contribution in [2.75, 3.05) is 5.75 Å². The van der Waals surface area contributed by atoms with Gasteiger partial charge in [-0.25, -0.2) is 4.98 Å². The van der Waals surface area contributed by atoms with Crippen molar-refractivity contribution in [3.63, 3.8) is 0 Å². The van der Waals surface area contributed by atoms with Gasteiger partial charge in [0.2, 0.25) is 0 Å². The third-order valence-electron chi connectivity index (χ3n) is 2.35. The number of hydrogen-bond acceptors (Lipinski definition) is 3. The van der Waals surface area contributed by atoms with Crippen LogP contribution in [0.25, 0.3) is 11.3 Å². The first kappa shape index (κ1) is 11.7. The van der Waals surface area contributed by atoms with Gasteiger partial charge in [-0.3, -0.25) is 0 Å². The molecule has 1 N–H and O–H groups in total. The van der Waals surface area contributed by atoms with Crippen LogP contribution in [0.2, 0.25) is 0 Å². The fourth-order valence-corrected chi connectivity index (χ4v) is 2.23. The Labute approximate surface area is 105 Å². The average molecular weight is 243 g/mol. The lowest BCUT2D eigenvalue weighted by Gasteiger charge is -2.00. The van der Waals surface area contributed by atoms with Crippen LogP contribution in [0.4, 0.5) is 0 Å². The molecule has 3 nitrogen and oxygen atoms in total. The second kappa shape index (κ2) is 5.55. The number of nitrogens with zero attached hydrogens (tertiary/aromatic N) is 2. The third-order valence-corrected chi connectivity index (χ3v) is 3.25. The molecule has 0 amide bonds. The minimum absolute atomic E-state index is 0.323. The van der Waals surface area contributed by atoms with Crippen LogP contribution in [0.15, 0.2) is 35.4 Å². The predicted molar refractivity (Wildman–Crippen MR) is 69.7 cm³/mol. The van der Waals surface area contributed by atoms with E-state index in [2.05, 4.69) is 47.2 Å². The van der Waals surface area contributed by atoms with Gasteiger partial charge < -0.3 is 4.98 Å². The van der Waals surface area contributed by atoms with E-state index in [1.807, 2.05) is 11.8 Å². The van der Waals surface area contributed by atoms with Crippen molar-refractivity contribution < 1.29 is 0 Å². The summed E-state index contributed by atoms with van der Waals surface area (Å²) in [6.45, 7) is 2.14. The second-order valence-electron chi connectivity index (χ2n) is 3.54. The van der Waals surface area contributed by atoms with Gasteiger partial charge in [0.05, 0.1) is 24.4 Å². The first-order chi connectivity index (χ1) is 8.33.